The molecule has 1 saturated heterocycles. The third-order valence-corrected chi connectivity index (χ3v) is 4.58. The number of aliphatic hydroxyl groups is 2. The highest BCUT2D eigenvalue weighted by Crippen LogP contribution is 2.27. The minimum atomic E-state index is -1.49. The van der Waals surface area contributed by atoms with Crippen LogP contribution < -0.4 is 22.9 Å². The molecule has 7 atom stereocenters. The summed E-state index contributed by atoms with van der Waals surface area (Å²) in [7, 11) is 1.28. The van der Waals surface area contributed by atoms with E-state index < -0.39 is 61.3 Å². The summed E-state index contributed by atoms with van der Waals surface area (Å²) in [5.41, 5.74) is 22.4. The van der Waals surface area contributed by atoms with Crippen LogP contribution in [0.5, 0.6) is 0 Å². The Morgan fingerprint density at radius 3 is 1.90 bits per heavy atom. The van der Waals surface area contributed by atoms with Crippen LogP contribution in [0.4, 0.5) is 0 Å². The molecule has 12 nitrogen and oxygen atoms in total. The third kappa shape index (κ3) is 7.42. The largest absolute Gasteiger partial charge is 0.454 e. The Morgan fingerprint density at radius 2 is 1.48 bits per heavy atom. The molecule has 0 amide bonds. The van der Waals surface area contributed by atoms with Crippen LogP contribution in [0.15, 0.2) is 0 Å². The molecule has 1 heterocycles. The molecule has 0 aromatic rings. The summed E-state index contributed by atoms with van der Waals surface area (Å²) in [4.78, 5) is 24.7. The van der Waals surface area contributed by atoms with Crippen molar-refractivity contribution < 1.29 is 38.7 Å². The van der Waals surface area contributed by atoms with Gasteiger partial charge in [-0.3, -0.25) is 9.59 Å². The maximum Gasteiger partial charge on any atom is 0.323 e. The number of hydrogen-bond acceptors (Lipinski definition) is 12. The van der Waals surface area contributed by atoms with Crippen molar-refractivity contribution in [3.8, 4) is 0 Å². The zero-order valence-corrected chi connectivity index (χ0v) is 16.6. The number of carbonyl (C=O) groups excluding carboxylic acids is 2. The Bertz CT molecular complexity index is 512. The molecule has 1 fully saturated rings. The fourth-order valence-corrected chi connectivity index (χ4v) is 2.85. The number of hydrogen-bond donors (Lipinski definition) is 6. The van der Waals surface area contributed by atoms with E-state index >= 15 is 0 Å². The topological polar surface area (TPSA) is 216 Å². The van der Waals surface area contributed by atoms with Crippen molar-refractivity contribution in [2.75, 3.05) is 26.8 Å². The van der Waals surface area contributed by atoms with Gasteiger partial charge in [-0.1, -0.05) is 0 Å². The van der Waals surface area contributed by atoms with Crippen LogP contribution in [0, 0.1) is 0 Å². The average Bonchev–Trinajstić information content (AvgIpc) is 2.72. The lowest BCUT2D eigenvalue weighted by Gasteiger charge is -2.42. The zero-order valence-electron chi connectivity index (χ0n) is 16.6. The standard InChI is InChI=1S/C17H34N4O8/c1-26-17-14(29-16(25)10(21)5-3-7-19)13(12(23)11(8-22)27-17)28-15(24)9(20)4-2-6-18/h9-14,17,22-23H,2-8,18-21H2,1H3/t9-,10-,11+,12+,13-,14+,17-/m0/s1. The summed E-state index contributed by atoms with van der Waals surface area (Å²) in [5.74, 6) is -1.61. The number of esters is 2. The molecule has 0 aromatic carbocycles. The molecule has 10 N–H and O–H groups in total. The molecule has 0 aliphatic carbocycles. The first-order chi connectivity index (χ1) is 13.8. The van der Waals surface area contributed by atoms with Crippen molar-refractivity contribution in [1.82, 2.24) is 0 Å². The monoisotopic (exact) mass is 422 g/mol. The number of nitrogens with two attached hydrogens (primary N) is 4. The molecule has 1 aliphatic rings. The number of aliphatic hydroxyl groups excluding tert-OH is 2. The Labute approximate surface area is 169 Å². The van der Waals surface area contributed by atoms with E-state index in [0.29, 0.717) is 25.9 Å². The van der Waals surface area contributed by atoms with Gasteiger partial charge < -0.3 is 52.1 Å². The molecule has 29 heavy (non-hydrogen) atoms. The summed E-state index contributed by atoms with van der Waals surface area (Å²) in [6.07, 6.45) is -4.95. The lowest BCUT2D eigenvalue weighted by Crippen LogP contribution is -2.62. The quantitative estimate of drug-likeness (QED) is 0.170. The van der Waals surface area contributed by atoms with Gasteiger partial charge in [-0.05, 0) is 38.8 Å². The van der Waals surface area contributed by atoms with Gasteiger partial charge >= 0.3 is 11.9 Å². The predicted octanol–water partition coefficient (Wildman–Crippen LogP) is -3.33. The molecular formula is C17H34N4O8. The van der Waals surface area contributed by atoms with E-state index in [1.54, 1.807) is 0 Å². The van der Waals surface area contributed by atoms with Crippen molar-refractivity contribution >= 4 is 11.9 Å². The van der Waals surface area contributed by atoms with E-state index in [4.69, 9.17) is 41.9 Å². The van der Waals surface area contributed by atoms with Crippen molar-refractivity contribution in [2.45, 2.75) is 68.5 Å². The van der Waals surface area contributed by atoms with E-state index in [2.05, 4.69) is 0 Å². The smallest absolute Gasteiger partial charge is 0.323 e. The fourth-order valence-electron chi connectivity index (χ4n) is 2.85. The van der Waals surface area contributed by atoms with E-state index in [1.165, 1.54) is 7.11 Å². The van der Waals surface area contributed by atoms with Crippen LogP contribution in [-0.2, 0) is 28.5 Å². The van der Waals surface area contributed by atoms with Gasteiger partial charge in [0.15, 0.2) is 18.5 Å². The van der Waals surface area contributed by atoms with Crippen LogP contribution in [-0.4, -0.2) is 91.7 Å². The SMILES string of the molecule is CO[C@H]1O[C@H](CO)[C@@H](O)[C@H](OC(=O)[C@@H](N)CCCN)[C@H]1OC(=O)[C@@H](N)CCCN. The summed E-state index contributed by atoms with van der Waals surface area (Å²) in [5, 5.41) is 19.9. The first-order valence-electron chi connectivity index (χ1n) is 9.60. The number of methoxy groups -OCH3 is 1. The van der Waals surface area contributed by atoms with Crippen molar-refractivity contribution in [2.24, 2.45) is 22.9 Å². The van der Waals surface area contributed by atoms with Crippen LogP contribution in [0.25, 0.3) is 0 Å². The second kappa shape index (κ2) is 13.0. The van der Waals surface area contributed by atoms with Gasteiger partial charge in [0.05, 0.1) is 6.61 Å². The van der Waals surface area contributed by atoms with Gasteiger partial charge in [0.1, 0.15) is 24.3 Å². The molecule has 12 heteroatoms. The predicted molar refractivity (Wildman–Crippen MR) is 101 cm³/mol. The second-order valence-electron chi connectivity index (χ2n) is 6.83. The lowest BCUT2D eigenvalue weighted by molar-refractivity contribution is -0.301. The summed E-state index contributed by atoms with van der Waals surface area (Å²) in [6.45, 7) is 0.122. The molecule has 0 radical (unpaired) electrons. The van der Waals surface area contributed by atoms with E-state index in [-0.39, 0.29) is 12.8 Å². The normalized spacial score (nSPS) is 29.1. The number of carbonyl (C=O) groups is 2. The summed E-state index contributed by atoms with van der Waals surface area (Å²) in [6, 6.07) is -1.95. The first-order valence-corrected chi connectivity index (χ1v) is 9.60. The Hall–Kier alpha value is -1.38. The molecule has 0 aromatic heterocycles. The molecule has 0 unspecified atom stereocenters. The van der Waals surface area contributed by atoms with Gasteiger partial charge in [-0.25, -0.2) is 0 Å². The maximum absolute atomic E-state index is 12.3. The van der Waals surface area contributed by atoms with Gasteiger partial charge in [0.2, 0.25) is 0 Å². The van der Waals surface area contributed by atoms with Crippen molar-refractivity contribution in [3.05, 3.63) is 0 Å². The van der Waals surface area contributed by atoms with Gasteiger partial charge in [0, 0.05) is 7.11 Å². The van der Waals surface area contributed by atoms with Crippen molar-refractivity contribution in [3.63, 3.8) is 0 Å². The molecule has 170 valence electrons. The highest BCUT2D eigenvalue weighted by molar-refractivity contribution is 5.76. The minimum absolute atomic E-state index is 0.278. The average molecular weight is 422 g/mol. The van der Waals surface area contributed by atoms with Crippen LogP contribution >= 0.6 is 0 Å². The van der Waals surface area contributed by atoms with E-state index in [9.17, 15) is 19.8 Å². The fraction of sp³-hybridized carbons (Fsp3) is 0.882. The van der Waals surface area contributed by atoms with Gasteiger partial charge in [-0.2, -0.15) is 0 Å². The zero-order chi connectivity index (χ0) is 22.0. The molecule has 1 aliphatic heterocycles. The summed E-state index contributed by atoms with van der Waals surface area (Å²) >= 11 is 0. The maximum atomic E-state index is 12.3. The molecule has 0 bridgehead atoms. The Kier molecular flexibility index (Phi) is 11.5. The second-order valence-corrected chi connectivity index (χ2v) is 6.83. The first kappa shape index (κ1) is 25.7. The third-order valence-electron chi connectivity index (χ3n) is 4.58. The molecular weight excluding hydrogens is 388 g/mol. The van der Waals surface area contributed by atoms with Gasteiger partial charge in [-0.15, -0.1) is 0 Å². The van der Waals surface area contributed by atoms with Gasteiger partial charge in [0.25, 0.3) is 0 Å². The van der Waals surface area contributed by atoms with Crippen molar-refractivity contribution in [1.29, 1.82) is 0 Å². The molecule has 0 saturated carbocycles. The number of rotatable bonds is 12. The lowest BCUT2D eigenvalue weighted by atomic mass is 9.98. The van der Waals surface area contributed by atoms with Crippen LogP contribution in [0.3, 0.4) is 0 Å². The summed E-state index contributed by atoms with van der Waals surface area (Å²) < 4.78 is 21.3. The van der Waals surface area contributed by atoms with E-state index in [1.807, 2.05) is 0 Å². The minimum Gasteiger partial charge on any atom is -0.454 e. The van der Waals surface area contributed by atoms with Crippen LogP contribution in [0.1, 0.15) is 25.7 Å². The van der Waals surface area contributed by atoms with Crippen LogP contribution in [0.2, 0.25) is 0 Å². The molecule has 0 spiro atoms. The molecule has 1 rings (SSSR count). The highest BCUT2D eigenvalue weighted by Gasteiger charge is 2.50. The number of ether oxygens (including phenoxy) is 4. The Balaban J connectivity index is 2.98. The van der Waals surface area contributed by atoms with E-state index in [0.717, 1.165) is 0 Å². The highest BCUT2D eigenvalue weighted by atomic mass is 16.7. The Morgan fingerprint density at radius 1 is 1.00 bits per heavy atom.